The van der Waals surface area contributed by atoms with Gasteiger partial charge in [0.1, 0.15) is 0 Å². The van der Waals surface area contributed by atoms with Gasteiger partial charge in [-0.15, -0.1) is 0 Å². The summed E-state index contributed by atoms with van der Waals surface area (Å²) in [7, 11) is 2.95. The number of hydrogen-bond acceptors (Lipinski definition) is 6. The number of amides is 1. The zero-order valence-corrected chi connectivity index (χ0v) is 14.8. The number of benzene rings is 2. The van der Waals surface area contributed by atoms with Crippen LogP contribution in [0.4, 0.5) is 5.69 Å². The topological polar surface area (TPSA) is 103 Å². The number of rotatable bonds is 7. The fraction of sp³-hybridized carbons (Fsp3) is 0.176. The Kier molecular flexibility index (Phi) is 6.51. The number of nitro benzene ring substituents is 1. The Morgan fingerprint density at radius 1 is 1.31 bits per heavy atom. The van der Waals surface area contributed by atoms with Crippen molar-refractivity contribution in [1.82, 2.24) is 5.43 Å². The molecule has 2 rings (SSSR count). The molecule has 0 unspecified atom stereocenters. The summed E-state index contributed by atoms with van der Waals surface area (Å²) in [4.78, 5) is 22.4. The number of nitrogens with one attached hydrogen (secondary N) is 1. The molecule has 0 aliphatic carbocycles. The van der Waals surface area contributed by atoms with Crippen LogP contribution in [0.25, 0.3) is 0 Å². The van der Waals surface area contributed by atoms with E-state index in [1.54, 1.807) is 24.3 Å². The molecule has 26 heavy (non-hydrogen) atoms. The molecule has 0 radical (unpaired) electrons. The molecule has 0 saturated carbocycles. The molecule has 0 saturated heterocycles. The fourth-order valence-electron chi connectivity index (χ4n) is 2.24. The molecule has 1 amide bonds. The van der Waals surface area contributed by atoms with E-state index in [1.807, 2.05) is 0 Å². The molecule has 2 aromatic rings. The lowest BCUT2D eigenvalue weighted by Crippen LogP contribution is -2.20. The first-order chi connectivity index (χ1) is 12.5. The Labute approximate surface area is 154 Å². The molecule has 0 atom stereocenters. The number of methoxy groups -OCH3 is 2. The maximum atomic E-state index is 11.9. The third-order valence-corrected chi connectivity index (χ3v) is 3.68. The van der Waals surface area contributed by atoms with E-state index in [1.165, 1.54) is 32.6 Å². The van der Waals surface area contributed by atoms with Crippen molar-refractivity contribution in [3.63, 3.8) is 0 Å². The molecular formula is C17H16ClN3O5. The minimum atomic E-state index is -0.530. The number of ether oxygens (including phenoxy) is 2. The Balaban J connectivity index is 2.06. The average Bonchev–Trinajstić information content (AvgIpc) is 2.61. The molecule has 2 aromatic carbocycles. The maximum absolute atomic E-state index is 11.9. The molecule has 0 aliphatic heterocycles. The first kappa shape index (κ1) is 19.2. The number of carbonyl (C=O) groups is 1. The van der Waals surface area contributed by atoms with E-state index in [9.17, 15) is 14.9 Å². The third-order valence-electron chi connectivity index (χ3n) is 3.40. The number of hydrogen-bond donors (Lipinski definition) is 1. The summed E-state index contributed by atoms with van der Waals surface area (Å²) in [6.45, 7) is 0. The molecule has 1 N–H and O–H groups in total. The van der Waals surface area contributed by atoms with E-state index < -0.39 is 10.8 Å². The van der Waals surface area contributed by atoms with Gasteiger partial charge in [-0.25, -0.2) is 5.43 Å². The van der Waals surface area contributed by atoms with E-state index in [0.29, 0.717) is 27.6 Å². The maximum Gasteiger partial charge on any atom is 0.273 e. The van der Waals surface area contributed by atoms with Gasteiger partial charge in [0, 0.05) is 11.6 Å². The zero-order valence-electron chi connectivity index (χ0n) is 14.1. The van der Waals surface area contributed by atoms with Crippen LogP contribution in [-0.4, -0.2) is 31.3 Å². The van der Waals surface area contributed by atoms with Crippen LogP contribution >= 0.6 is 11.6 Å². The number of para-hydroxylation sites is 1. The summed E-state index contributed by atoms with van der Waals surface area (Å²) in [5.41, 5.74) is 3.10. The van der Waals surface area contributed by atoms with Crippen molar-refractivity contribution < 1.29 is 19.2 Å². The van der Waals surface area contributed by atoms with Gasteiger partial charge in [0.05, 0.1) is 36.8 Å². The number of hydrazone groups is 1. The zero-order chi connectivity index (χ0) is 19.1. The molecule has 0 spiro atoms. The van der Waals surface area contributed by atoms with Gasteiger partial charge >= 0.3 is 0 Å². The van der Waals surface area contributed by atoms with Crippen molar-refractivity contribution >= 4 is 29.4 Å². The van der Waals surface area contributed by atoms with Crippen LogP contribution in [0.5, 0.6) is 11.5 Å². The highest BCUT2D eigenvalue weighted by Crippen LogP contribution is 2.35. The minimum Gasteiger partial charge on any atom is -0.493 e. The monoisotopic (exact) mass is 377 g/mol. The predicted octanol–water partition coefficient (Wildman–Crippen LogP) is 2.96. The molecule has 0 aromatic heterocycles. The van der Waals surface area contributed by atoms with Gasteiger partial charge in [-0.2, -0.15) is 5.10 Å². The Hall–Kier alpha value is -3.13. The van der Waals surface area contributed by atoms with Crippen LogP contribution in [-0.2, 0) is 11.2 Å². The Morgan fingerprint density at radius 2 is 2.04 bits per heavy atom. The van der Waals surface area contributed by atoms with Crippen molar-refractivity contribution in [2.45, 2.75) is 6.42 Å². The number of nitrogens with zero attached hydrogens (tertiary/aromatic N) is 2. The third kappa shape index (κ3) is 4.70. The molecule has 136 valence electrons. The van der Waals surface area contributed by atoms with E-state index >= 15 is 0 Å². The van der Waals surface area contributed by atoms with E-state index in [2.05, 4.69) is 10.5 Å². The second kappa shape index (κ2) is 8.82. The molecular weight excluding hydrogens is 362 g/mol. The fourth-order valence-corrected chi connectivity index (χ4v) is 2.54. The van der Waals surface area contributed by atoms with Crippen molar-refractivity contribution in [2.75, 3.05) is 14.2 Å². The van der Waals surface area contributed by atoms with E-state index in [0.717, 1.165) is 0 Å². The van der Waals surface area contributed by atoms with Crippen LogP contribution in [0.2, 0.25) is 5.02 Å². The van der Waals surface area contributed by atoms with Crippen LogP contribution < -0.4 is 14.9 Å². The summed E-state index contributed by atoms with van der Waals surface area (Å²) in [6, 6.07) is 9.28. The van der Waals surface area contributed by atoms with Crippen LogP contribution in [0.3, 0.4) is 0 Å². The van der Waals surface area contributed by atoms with E-state index in [-0.39, 0.29) is 12.1 Å². The molecule has 0 fully saturated rings. The van der Waals surface area contributed by atoms with Gasteiger partial charge in [-0.05, 0) is 17.7 Å². The summed E-state index contributed by atoms with van der Waals surface area (Å²) in [5, 5.41) is 15.1. The molecule has 0 aliphatic rings. The van der Waals surface area contributed by atoms with Gasteiger partial charge in [0.15, 0.2) is 11.5 Å². The summed E-state index contributed by atoms with van der Waals surface area (Å²) in [6.07, 6.45) is 1.21. The van der Waals surface area contributed by atoms with Crippen molar-refractivity contribution in [1.29, 1.82) is 0 Å². The lowest BCUT2D eigenvalue weighted by molar-refractivity contribution is -0.385. The number of nitro groups is 1. The van der Waals surface area contributed by atoms with E-state index in [4.69, 9.17) is 21.1 Å². The standard InChI is InChI=1S/C17H16ClN3O5/c1-25-15-8-11(7-13(18)17(15)26-2)10-19-20-16(22)9-12-5-3-4-6-14(12)21(23)24/h3-8,10H,9H2,1-2H3,(H,20,22). The summed E-state index contributed by atoms with van der Waals surface area (Å²) >= 11 is 6.09. The van der Waals surface area contributed by atoms with Crippen molar-refractivity contribution in [3.8, 4) is 11.5 Å². The molecule has 8 nitrogen and oxygen atoms in total. The largest absolute Gasteiger partial charge is 0.493 e. The second-order valence-corrected chi connectivity index (χ2v) is 5.50. The highest BCUT2D eigenvalue weighted by molar-refractivity contribution is 6.32. The van der Waals surface area contributed by atoms with Gasteiger partial charge in [0.25, 0.3) is 5.69 Å². The van der Waals surface area contributed by atoms with Crippen LogP contribution in [0.1, 0.15) is 11.1 Å². The number of carbonyl (C=O) groups excluding carboxylic acids is 1. The van der Waals surface area contributed by atoms with Crippen molar-refractivity contribution in [3.05, 3.63) is 62.7 Å². The quantitative estimate of drug-likeness (QED) is 0.454. The highest BCUT2D eigenvalue weighted by Gasteiger charge is 2.15. The van der Waals surface area contributed by atoms with Gasteiger partial charge in [0.2, 0.25) is 5.91 Å². The summed E-state index contributed by atoms with van der Waals surface area (Å²) in [5.74, 6) is 0.335. The molecule has 0 heterocycles. The SMILES string of the molecule is COc1cc(C=NNC(=O)Cc2ccccc2[N+](=O)[O-])cc(Cl)c1OC. The van der Waals surface area contributed by atoms with Crippen LogP contribution in [0.15, 0.2) is 41.5 Å². The first-order valence-corrected chi connectivity index (χ1v) is 7.79. The van der Waals surface area contributed by atoms with Gasteiger partial charge < -0.3 is 9.47 Å². The minimum absolute atomic E-state index is 0.113. The van der Waals surface area contributed by atoms with Gasteiger partial charge in [-0.1, -0.05) is 29.8 Å². The molecule has 9 heteroatoms. The normalized spacial score (nSPS) is 10.6. The van der Waals surface area contributed by atoms with Crippen LogP contribution in [0, 0.1) is 10.1 Å². The van der Waals surface area contributed by atoms with Crippen molar-refractivity contribution in [2.24, 2.45) is 5.10 Å². The first-order valence-electron chi connectivity index (χ1n) is 7.42. The predicted molar refractivity (Wildman–Crippen MR) is 97.1 cm³/mol. The van der Waals surface area contributed by atoms with Gasteiger partial charge in [-0.3, -0.25) is 14.9 Å². The number of halogens is 1. The summed E-state index contributed by atoms with van der Waals surface area (Å²) < 4.78 is 10.3. The average molecular weight is 378 g/mol. The molecule has 0 bridgehead atoms. The lowest BCUT2D eigenvalue weighted by atomic mass is 10.1. The Bertz CT molecular complexity index is 854. The highest BCUT2D eigenvalue weighted by atomic mass is 35.5. The smallest absolute Gasteiger partial charge is 0.273 e. The second-order valence-electron chi connectivity index (χ2n) is 5.09. The Morgan fingerprint density at radius 3 is 2.69 bits per heavy atom. The lowest BCUT2D eigenvalue weighted by Gasteiger charge is -2.09.